The summed E-state index contributed by atoms with van der Waals surface area (Å²) < 4.78 is 7.03. The van der Waals surface area contributed by atoms with E-state index in [1.807, 2.05) is 0 Å². The number of nitrogens with zero attached hydrogens (tertiary/aromatic N) is 2. The zero-order valence-corrected chi connectivity index (χ0v) is 20.7. The van der Waals surface area contributed by atoms with E-state index in [-0.39, 0.29) is 29.0 Å². The molecule has 0 bridgehead atoms. The molecule has 3 amide bonds. The van der Waals surface area contributed by atoms with Gasteiger partial charge in [-0.15, -0.1) is 0 Å². The molecule has 0 aliphatic carbocycles. The average Bonchev–Trinajstić information content (AvgIpc) is 3.59. The maximum Gasteiger partial charge on any atom is 0.308 e. The second kappa shape index (κ2) is 9.09. The molecule has 2 aliphatic rings. The Hall–Kier alpha value is -4.09. The molecule has 4 heterocycles. The number of fused-ring (bicyclic) bond motifs is 2. The SMILES string of the molecule is O=C(Cn1c2c(sc1=O)[C@H](c1ccco1)C1C(=O)N(c3ccccc3)C(=O)C1S2)Nc1ccc(O)cc1. The minimum atomic E-state index is -0.782. The fourth-order valence-corrected chi connectivity index (χ4v) is 7.50. The molecular weight excluding hydrogens is 514 g/mol. The lowest BCUT2D eigenvalue weighted by Gasteiger charge is -2.29. The Morgan fingerprint density at radius 3 is 2.43 bits per heavy atom. The minimum absolute atomic E-state index is 0.0661. The van der Waals surface area contributed by atoms with Crippen molar-refractivity contribution in [1.82, 2.24) is 4.57 Å². The van der Waals surface area contributed by atoms with Gasteiger partial charge in [0.2, 0.25) is 17.7 Å². The number of carbonyl (C=O) groups is 3. The lowest BCUT2D eigenvalue weighted by Crippen LogP contribution is -2.32. The van der Waals surface area contributed by atoms with Crippen molar-refractivity contribution in [2.45, 2.75) is 22.7 Å². The molecule has 0 spiro atoms. The van der Waals surface area contributed by atoms with Crippen LogP contribution in [0.25, 0.3) is 0 Å². The Bertz CT molecular complexity index is 1560. The summed E-state index contributed by atoms with van der Waals surface area (Å²) >= 11 is 2.10. The van der Waals surface area contributed by atoms with E-state index < -0.39 is 23.0 Å². The van der Waals surface area contributed by atoms with Crippen LogP contribution in [0.5, 0.6) is 5.75 Å². The maximum absolute atomic E-state index is 13.7. The van der Waals surface area contributed by atoms with Gasteiger partial charge in [0, 0.05) is 5.69 Å². The highest BCUT2D eigenvalue weighted by Gasteiger charge is 2.57. The number of para-hydroxylation sites is 1. The molecule has 0 radical (unpaired) electrons. The van der Waals surface area contributed by atoms with Gasteiger partial charge >= 0.3 is 4.87 Å². The molecule has 1 fully saturated rings. The Morgan fingerprint density at radius 1 is 0.973 bits per heavy atom. The Labute approximate surface area is 218 Å². The van der Waals surface area contributed by atoms with Crippen molar-refractivity contribution in [2.24, 2.45) is 5.92 Å². The molecule has 3 atom stereocenters. The first kappa shape index (κ1) is 23.3. The summed E-state index contributed by atoms with van der Waals surface area (Å²) in [4.78, 5) is 54.5. The minimum Gasteiger partial charge on any atom is -0.508 e. The van der Waals surface area contributed by atoms with Crippen LogP contribution in [0.15, 0.2) is 87.2 Å². The molecular formula is C26H19N3O6S2. The molecule has 2 aromatic heterocycles. The van der Waals surface area contributed by atoms with E-state index in [0.29, 0.717) is 27.0 Å². The van der Waals surface area contributed by atoms with Crippen LogP contribution in [0.3, 0.4) is 0 Å². The van der Waals surface area contributed by atoms with E-state index in [2.05, 4.69) is 5.32 Å². The van der Waals surface area contributed by atoms with Gasteiger partial charge in [-0.25, -0.2) is 4.90 Å². The number of nitrogens with one attached hydrogen (secondary N) is 1. The standard InChI is InChI=1S/C26H19N3O6S2/c30-16-10-8-14(9-11-16)27-18(31)13-28-25-22(37-26(28)34)19(17-7-4-12-35-17)20-21(36-25)24(33)29(23(20)32)15-5-2-1-3-6-15/h1-12,19-21,30H,13H2,(H,27,31)/t19-,20?,21?/m1/s1. The molecule has 4 aromatic rings. The number of aromatic nitrogens is 1. The van der Waals surface area contributed by atoms with Crippen LogP contribution in [-0.4, -0.2) is 32.6 Å². The van der Waals surface area contributed by atoms with E-state index >= 15 is 0 Å². The van der Waals surface area contributed by atoms with Crippen LogP contribution in [0, 0.1) is 5.92 Å². The van der Waals surface area contributed by atoms with Gasteiger partial charge in [0.15, 0.2) is 0 Å². The Balaban J connectivity index is 1.38. The number of phenolic OH excluding ortho intramolecular Hbond substituents is 1. The number of rotatable bonds is 5. The van der Waals surface area contributed by atoms with E-state index in [1.165, 1.54) is 27.9 Å². The Kier molecular flexibility index (Phi) is 5.73. The van der Waals surface area contributed by atoms with Crippen molar-refractivity contribution in [2.75, 3.05) is 10.2 Å². The van der Waals surface area contributed by atoms with Crippen LogP contribution in [-0.2, 0) is 20.9 Å². The molecule has 9 nitrogen and oxygen atoms in total. The number of benzene rings is 2. The van der Waals surface area contributed by atoms with Crippen molar-refractivity contribution in [3.63, 3.8) is 0 Å². The first-order chi connectivity index (χ1) is 17.9. The van der Waals surface area contributed by atoms with Crippen LogP contribution >= 0.6 is 23.1 Å². The lowest BCUT2D eigenvalue weighted by molar-refractivity contribution is -0.122. The van der Waals surface area contributed by atoms with Crippen molar-refractivity contribution in [3.05, 3.63) is 93.3 Å². The third-order valence-corrected chi connectivity index (χ3v) is 8.97. The number of furan rings is 1. The molecule has 6 rings (SSSR count). The van der Waals surface area contributed by atoms with Crippen molar-refractivity contribution < 1.29 is 23.9 Å². The maximum atomic E-state index is 13.7. The number of hydrogen-bond donors (Lipinski definition) is 2. The van der Waals surface area contributed by atoms with Crippen molar-refractivity contribution in [1.29, 1.82) is 0 Å². The smallest absolute Gasteiger partial charge is 0.308 e. The monoisotopic (exact) mass is 533 g/mol. The number of aromatic hydroxyl groups is 1. The second-order valence-electron chi connectivity index (χ2n) is 8.62. The second-order valence-corrected chi connectivity index (χ2v) is 10.7. The van der Waals surface area contributed by atoms with E-state index in [0.717, 1.165) is 23.1 Å². The fraction of sp³-hybridized carbons (Fsp3) is 0.154. The summed E-state index contributed by atoms with van der Waals surface area (Å²) in [6, 6.07) is 18.2. The van der Waals surface area contributed by atoms with E-state index in [9.17, 15) is 24.3 Å². The van der Waals surface area contributed by atoms with E-state index in [1.54, 1.807) is 54.6 Å². The summed E-state index contributed by atoms with van der Waals surface area (Å²) in [6.45, 7) is -0.272. The topological polar surface area (TPSA) is 122 Å². The van der Waals surface area contributed by atoms with Gasteiger partial charge < -0.3 is 14.8 Å². The van der Waals surface area contributed by atoms with Crippen LogP contribution in [0.2, 0.25) is 0 Å². The highest BCUT2D eigenvalue weighted by molar-refractivity contribution is 8.00. The van der Waals surface area contributed by atoms with Gasteiger partial charge in [-0.05, 0) is 48.5 Å². The predicted octanol–water partition coefficient (Wildman–Crippen LogP) is 3.64. The molecule has 186 valence electrons. The number of anilines is 2. The first-order valence-corrected chi connectivity index (χ1v) is 13.1. The average molecular weight is 534 g/mol. The third-order valence-electron chi connectivity index (χ3n) is 6.37. The van der Waals surface area contributed by atoms with Crippen LogP contribution in [0.1, 0.15) is 16.6 Å². The zero-order chi connectivity index (χ0) is 25.7. The van der Waals surface area contributed by atoms with Gasteiger partial charge in [-0.3, -0.25) is 23.7 Å². The van der Waals surface area contributed by atoms with Gasteiger partial charge in [-0.2, -0.15) is 0 Å². The Morgan fingerprint density at radius 2 is 1.73 bits per heavy atom. The summed E-state index contributed by atoms with van der Waals surface area (Å²) in [5, 5.41) is 11.9. The largest absolute Gasteiger partial charge is 0.508 e. The number of phenols is 1. The summed E-state index contributed by atoms with van der Waals surface area (Å²) in [5.74, 6) is -2.00. The van der Waals surface area contributed by atoms with E-state index in [4.69, 9.17) is 4.42 Å². The molecule has 2 aliphatic heterocycles. The lowest BCUT2D eigenvalue weighted by atomic mass is 9.87. The molecule has 2 unspecified atom stereocenters. The molecule has 0 saturated carbocycles. The zero-order valence-electron chi connectivity index (χ0n) is 19.1. The van der Waals surface area contributed by atoms with Crippen molar-refractivity contribution in [3.8, 4) is 5.75 Å². The van der Waals surface area contributed by atoms with Gasteiger partial charge in [0.1, 0.15) is 23.3 Å². The van der Waals surface area contributed by atoms with Gasteiger partial charge in [0.05, 0.1) is 33.7 Å². The normalized spacial score (nSPS) is 20.5. The molecule has 11 heteroatoms. The number of hydrogen-bond acceptors (Lipinski definition) is 8. The molecule has 1 saturated heterocycles. The predicted molar refractivity (Wildman–Crippen MR) is 138 cm³/mol. The summed E-state index contributed by atoms with van der Waals surface area (Å²) in [7, 11) is 0. The summed E-state index contributed by atoms with van der Waals surface area (Å²) in [5.41, 5.74) is 0.955. The van der Waals surface area contributed by atoms with Crippen LogP contribution < -0.4 is 15.1 Å². The highest BCUT2D eigenvalue weighted by Crippen LogP contribution is 2.53. The molecule has 2 aromatic carbocycles. The van der Waals surface area contributed by atoms with Crippen molar-refractivity contribution >= 4 is 52.2 Å². The third kappa shape index (κ3) is 3.96. The molecule has 2 N–H and O–H groups in total. The number of thiazole rings is 1. The number of thioether (sulfide) groups is 1. The van der Waals surface area contributed by atoms with Gasteiger partial charge in [-0.1, -0.05) is 41.3 Å². The van der Waals surface area contributed by atoms with Gasteiger partial charge in [0.25, 0.3) is 0 Å². The highest BCUT2D eigenvalue weighted by atomic mass is 32.2. The first-order valence-electron chi connectivity index (χ1n) is 11.4. The number of imide groups is 1. The number of carbonyl (C=O) groups excluding carboxylic acids is 3. The summed E-state index contributed by atoms with van der Waals surface area (Å²) in [6.07, 6.45) is 1.49. The van der Waals surface area contributed by atoms with Crippen LogP contribution in [0.4, 0.5) is 11.4 Å². The number of amides is 3. The quantitative estimate of drug-likeness (QED) is 0.297. The molecule has 37 heavy (non-hydrogen) atoms. The fourth-order valence-electron chi connectivity index (χ4n) is 4.75.